The van der Waals surface area contributed by atoms with E-state index in [0.29, 0.717) is 12.1 Å². The Bertz CT molecular complexity index is 1110. The van der Waals surface area contributed by atoms with E-state index in [1.807, 2.05) is 31.3 Å². The largest absolute Gasteiger partial charge is 0.508 e. The lowest BCUT2D eigenvalue weighted by Gasteiger charge is -2.29. The first kappa shape index (κ1) is 21.1. The summed E-state index contributed by atoms with van der Waals surface area (Å²) in [4.78, 5) is 4.76. The first-order chi connectivity index (χ1) is 15.0. The quantitative estimate of drug-likeness (QED) is 0.431. The monoisotopic (exact) mass is 413 g/mol. The van der Waals surface area contributed by atoms with Crippen LogP contribution in [0.5, 0.6) is 5.75 Å². The lowest BCUT2D eigenvalue weighted by Crippen LogP contribution is -2.33. The van der Waals surface area contributed by atoms with Crippen LogP contribution in [-0.2, 0) is 0 Å². The number of anilines is 1. The molecule has 0 bridgehead atoms. The van der Waals surface area contributed by atoms with E-state index in [-0.39, 0.29) is 5.75 Å². The zero-order valence-electron chi connectivity index (χ0n) is 18.3. The highest BCUT2D eigenvalue weighted by Crippen LogP contribution is 2.35. The van der Waals surface area contributed by atoms with E-state index in [9.17, 15) is 5.11 Å². The number of phenols is 1. The van der Waals surface area contributed by atoms with Crippen LogP contribution in [0.15, 0.2) is 66.9 Å². The van der Waals surface area contributed by atoms with Crippen LogP contribution in [0.1, 0.15) is 45.1 Å². The van der Waals surface area contributed by atoms with Gasteiger partial charge in [-0.2, -0.15) is 0 Å². The van der Waals surface area contributed by atoms with Crippen molar-refractivity contribution in [2.75, 3.05) is 5.32 Å². The molecule has 3 aromatic rings. The van der Waals surface area contributed by atoms with Crippen molar-refractivity contribution < 1.29 is 5.11 Å². The highest BCUT2D eigenvalue weighted by molar-refractivity contribution is 5.99. The molecule has 0 unspecified atom stereocenters. The van der Waals surface area contributed by atoms with Crippen LogP contribution in [0.25, 0.3) is 27.6 Å². The van der Waals surface area contributed by atoms with Crippen molar-refractivity contribution in [2.24, 2.45) is 5.73 Å². The lowest BCUT2D eigenvalue weighted by atomic mass is 9.91. The van der Waals surface area contributed by atoms with Gasteiger partial charge < -0.3 is 16.2 Å². The summed E-state index contributed by atoms with van der Waals surface area (Å²) >= 11 is 0. The number of allylic oxidation sites excluding steroid dienone is 4. The zero-order valence-corrected chi connectivity index (χ0v) is 18.3. The van der Waals surface area contributed by atoms with Gasteiger partial charge >= 0.3 is 0 Å². The van der Waals surface area contributed by atoms with Gasteiger partial charge in [-0.3, -0.25) is 4.98 Å². The fraction of sp³-hybridized carbons (Fsp3) is 0.296. The smallest absolute Gasteiger partial charge is 0.115 e. The topological polar surface area (TPSA) is 71.2 Å². The summed E-state index contributed by atoms with van der Waals surface area (Å²) in [5, 5.41) is 14.6. The molecule has 1 aliphatic carbocycles. The number of nitrogens with one attached hydrogen (secondary N) is 1. The summed E-state index contributed by atoms with van der Waals surface area (Å²) in [5.41, 5.74) is 12.7. The fourth-order valence-corrected chi connectivity index (χ4v) is 4.28. The average molecular weight is 414 g/mol. The molecule has 4 nitrogen and oxygen atoms in total. The van der Waals surface area contributed by atoms with Gasteiger partial charge in [0.2, 0.25) is 0 Å². The number of aromatic hydroxyl groups is 1. The fourth-order valence-electron chi connectivity index (χ4n) is 4.28. The molecule has 1 saturated carbocycles. The van der Waals surface area contributed by atoms with Gasteiger partial charge in [-0.1, -0.05) is 36.4 Å². The Morgan fingerprint density at radius 1 is 1.06 bits per heavy atom. The standard InChI is InChI=1S/C27H31N3O/c1-3-4-5-18(2)25-17-29-26-15-8-20(19-6-13-23(31)14-7-19)16-24(26)27(25)30-22-11-9-21(28)10-12-22/h3-8,13-17,21-22,31H,9-12,28H2,1-2H3,(H,29,30)/b4-3-,18-5+. The van der Waals surface area contributed by atoms with Crippen LogP contribution in [-0.4, -0.2) is 22.2 Å². The Kier molecular flexibility index (Phi) is 6.38. The molecule has 0 aliphatic heterocycles. The van der Waals surface area contributed by atoms with Gasteiger partial charge in [-0.25, -0.2) is 0 Å². The van der Waals surface area contributed by atoms with E-state index in [0.717, 1.165) is 59.0 Å². The van der Waals surface area contributed by atoms with Crippen molar-refractivity contribution in [1.29, 1.82) is 0 Å². The highest BCUT2D eigenvalue weighted by Gasteiger charge is 2.21. The zero-order chi connectivity index (χ0) is 21.8. The Balaban J connectivity index is 1.82. The van der Waals surface area contributed by atoms with Crippen molar-refractivity contribution in [3.63, 3.8) is 0 Å². The van der Waals surface area contributed by atoms with Gasteiger partial charge in [0.15, 0.2) is 0 Å². The average Bonchev–Trinajstić information content (AvgIpc) is 2.79. The van der Waals surface area contributed by atoms with Crippen molar-refractivity contribution in [1.82, 2.24) is 4.98 Å². The lowest BCUT2D eigenvalue weighted by molar-refractivity contribution is 0.411. The number of aromatic nitrogens is 1. The second-order valence-corrected chi connectivity index (χ2v) is 8.46. The number of hydrogen-bond acceptors (Lipinski definition) is 4. The molecule has 31 heavy (non-hydrogen) atoms. The number of nitrogens with zero attached hydrogens (tertiary/aromatic N) is 1. The first-order valence-electron chi connectivity index (χ1n) is 11.1. The summed E-state index contributed by atoms with van der Waals surface area (Å²) in [5.74, 6) is 0.274. The number of fused-ring (bicyclic) bond motifs is 1. The molecule has 0 atom stereocenters. The van der Waals surface area contributed by atoms with Crippen LogP contribution in [0.4, 0.5) is 5.69 Å². The summed E-state index contributed by atoms with van der Waals surface area (Å²) in [6, 6.07) is 14.5. The van der Waals surface area contributed by atoms with Crippen LogP contribution < -0.4 is 11.1 Å². The minimum atomic E-state index is 0.274. The highest BCUT2D eigenvalue weighted by atomic mass is 16.3. The summed E-state index contributed by atoms with van der Waals surface area (Å²) < 4.78 is 0. The van der Waals surface area contributed by atoms with E-state index in [2.05, 4.69) is 42.6 Å². The summed E-state index contributed by atoms with van der Waals surface area (Å²) in [6.07, 6.45) is 12.5. The van der Waals surface area contributed by atoms with Gasteiger partial charge in [0.1, 0.15) is 5.75 Å². The second-order valence-electron chi connectivity index (χ2n) is 8.46. The number of phenolic OH excluding ortho intramolecular Hbond substituents is 1. The summed E-state index contributed by atoms with van der Waals surface area (Å²) in [7, 11) is 0. The Morgan fingerprint density at radius 2 is 1.77 bits per heavy atom. The van der Waals surface area contributed by atoms with Crippen LogP contribution in [0, 0.1) is 0 Å². The maximum atomic E-state index is 9.65. The SMILES string of the molecule is C/C=C\C=C(/C)c1cnc2ccc(-c3ccc(O)cc3)cc2c1NC1CCC(N)CC1. The van der Waals surface area contributed by atoms with Crippen LogP contribution in [0.2, 0.25) is 0 Å². The summed E-state index contributed by atoms with van der Waals surface area (Å²) in [6.45, 7) is 4.16. The van der Waals surface area contributed by atoms with Gasteiger partial charge in [0, 0.05) is 29.2 Å². The third-order valence-corrected chi connectivity index (χ3v) is 6.15. The Morgan fingerprint density at radius 3 is 2.48 bits per heavy atom. The minimum Gasteiger partial charge on any atom is -0.508 e. The first-order valence-corrected chi connectivity index (χ1v) is 11.1. The van der Waals surface area contributed by atoms with Crippen molar-refractivity contribution in [3.05, 3.63) is 72.5 Å². The molecular weight excluding hydrogens is 382 g/mol. The van der Waals surface area contributed by atoms with Gasteiger partial charge in [-0.05, 0) is 80.5 Å². The molecule has 4 N–H and O–H groups in total. The number of nitrogens with two attached hydrogens (primary N) is 1. The number of hydrogen-bond donors (Lipinski definition) is 3. The van der Waals surface area contributed by atoms with E-state index in [4.69, 9.17) is 10.7 Å². The Hall–Kier alpha value is -3.11. The molecule has 2 aromatic carbocycles. The molecule has 1 aliphatic rings. The van der Waals surface area contributed by atoms with Crippen molar-refractivity contribution >= 4 is 22.2 Å². The third kappa shape index (κ3) is 4.80. The molecular formula is C27H31N3O. The van der Waals surface area contributed by atoms with Crippen molar-refractivity contribution in [3.8, 4) is 16.9 Å². The molecule has 0 amide bonds. The molecule has 0 spiro atoms. The van der Waals surface area contributed by atoms with E-state index in [1.54, 1.807) is 12.1 Å². The molecule has 0 saturated heterocycles. The predicted octanol–water partition coefficient (Wildman–Crippen LogP) is 6.27. The van der Waals surface area contributed by atoms with Crippen LogP contribution >= 0.6 is 0 Å². The third-order valence-electron chi connectivity index (χ3n) is 6.15. The molecule has 160 valence electrons. The molecule has 1 heterocycles. The van der Waals surface area contributed by atoms with Crippen molar-refractivity contribution in [2.45, 2.75) is 51.6 Å². The number of benzene rings is 2. The van der Waals surface area contributed by atoms with E-state index >= 15 is 0 Å². The van der Waals surface area contributed by atoms with Gasteiger partial charge in [0.25, 0.3) is 0 Å². The van der Waals surface area contributed by atoms with Gasteiger partial charge in [-0.15, -0.1) is 0 Å². The minimum absolute atomic E-state index is 0.274. The maximum absolute atomic E-state index is 9.65. The van der Waals surface area contributed by atoms with Crippen LogP contribution in [0.3, 0.4) is 0 Å². The second kappa shape index (κ2) is 9.36. The number of rotatable bonds is 5. The molecule has 0 radical (unpaired) electrons. The molecule has 1 fully saturated rings. The Labute approximate surface area is 184 Å². The molecule has 4 rings (SSSR count). The van der Waals surface area contributed by atoms with E-state index < -0.39 is 0 Å². The maximum Gasteiger partial charge on any atom is 0.115 e. The van der Waals surface area contributed by atoms with E-state index in [1.165, 1.54) is 5.57 Å². The molecule has 4 heteroatoms. The van der Waals surface area contributed by atoms with Gasteiger partial charge in [0.05, 0.1) is 11.2 Å². The normalized spacial score (nSPS) is 19.8. The number of pyridine rings is 1. The molecule has 1 aromatic heterocycles. The predicted molar refractivity (Wildman–Crippen MR) is 131 cm³/mol.